The first-order chi connectivity index (χ1) is 8.67. The Kier molecular flexibility index (Phi) is 3.36. The lowest BCUT2D eigenvalue weighted by molar-refractivity contribution is -0.128. The highest BCUT2D eigenvalue weighted by Gasteiger charge is 2.31. The lowest BCUT2D eigenvalue weighted by Crippen LogP contribution is -2.61. The van der Waals surface area contributed by atoms with E-state index < -0.39 is 6.04 Å². The predicted octanol–water partition coefficient (Wildman–Crippen LogP) is -0.0680. The summed E-state index contributed by atoms with van der Waals surface area (Å²) in [6, 6.07) is 4.58. The lowest BCUT2D eigenvalue weighted by atomic mass is 10.1. The molecule has 1 aliphatic rings. The van der Waals surface area contributed by atoms with Gasteiger partial charge in [0.05, 0.1) is 14.2 Å². The van der Waals surface area contributed by atoms with E-state index in [4.69, 9.17) is 9.47 Å². The van der Waals surface area contributed by atoms with Crippen molar-refractivity contribution in [3.05, 3.63) is 23.8 Å². The van der Waals surface area contributed by atoms with Gasteiger partial charge in [-0.1, -0.05) is 6.07 Å². The molecule has 1 heterocycles. The summed E-state index contributed by atoms with van der Waals surface area (Å²) in [6.07, 6.45) is 0. The van der Waals surface area contributed by atoms with Crippen molar-refractivity contribution in [2.75, 3.05) is 20.8 Å². The van der Waals surface area contributed by atoms with Crippen LogP contribution >= 0.6 is 0 Å². The average molecular weight is 250 g/mol. The Labute approximate surface area is 104 Å². The van der Waals surface area contributed by atoms with Crippen LogP contribution in [0.5, 0.6) is 11.5 Å². The number of β-lactam (4-membered cyclic amide) rings is 1. The van der Waals surface area contributed by atoms with Gasteiger partial charge in [0.1, 0.15) is 23.1 Å². The minimum absolute atomic E-state index is 0.183. The fourth-order valence-electron chi connectivity index (χ4n) is 1.71. The molecule has 2 rings (SSSR count). The van der Waals surface area contributed by atoms with Crippen LogP contribution in [0.1, 0.15) is 10.4 Å². The summed E-state index contributed by atoms with van der Waals surface area (Å²) in [4.78, 5) is 23.2. The molecule has 6 nitrogen and oxygen atoms in total. The van der Waals surface area contributed by atoms with Crippen molar-refractivity contribution in [1.29, 1.82) is 0 Å². The van der Waals surface area contributed by atoms with Crippen molar-refractivity contribution >= 4 is 11.8 Å². The molecule has 1 aromatic carbocycles. The Morgan fingerprint density at radius 1 is 1.33 bits per heavy atom. The van der Waals surface area contributed by atoms with Crippen molar-refractivity contribution in [2.45, 2.75) is 6.04 Å². The van der Waals surface area contributed by atoms with E-state index in [0.717, 1.165) is 0 Å². The Bertz CT molecular complexity index is 465. The lowest BCUT2D eigenvalue weighted by Gasteiger charge is -2.27. The van der Waals surface area contributed by atoms with Crippen LogP contribution in [-0.2, 0) is 4.79 Å². The third-order valence-electron chi connectivity index (χ3n) is 2.76. The minimum atomic E-state index is -0.480. The standard InChI is InChI=1S/C12H14N2O4/c1-17-8-4-3-5-9(18-2)10(8)12(16)14-7-6-13-11(7)15/h3-5,7H,6H2,1-2H3,(H,13,15)(H,14,16). The smallest absolute Gasteiger partial charge is 0.259 e. The summed E-state index contributed by atoms with van der Waals surface area (Å²) in [5.74, 6) is 0.250. The molecule has 0 aromatic heterocycles. The first-order valence-corrected chi connectivity index (χ1v) is 5.47. The number of nitrogens with one attached hydrogen (secondary N) is 2. The summed E-state index contributed by atoms with van der Waals surface area (Å²) >= 11 is 0. The molecule has 1 atom stereocenters. The van der Waals surface area contributed by atoms with Gasteiger partial charge in [0.15, 0.2) is 0 Å². The molecule has 96 valence electrons. The number of methoxy groups -OCH3 is 2. The molecule has 1 aliphatic heterocycles. The molecule has 0 aliphatic carbocycles. The number of hydrogen-bond acceptors (Lipinski definition) is 4. The second-order valence-corrected chi connectivity index (χ2v) is 3.81. The highest BCUT2D eigenvalue weighted by molar-refractivity contribution is 6.03. The van der Waals surface area contributed by atoms with Gasteiger partial charge < -0.3 is 20.1 Å². The van der Waals surface area contributed by atoms with Crippen molar-refractivity contribution in [3.8, 4) is 11.5 Å². The molecule has 2 amide bonds. The zero-order valence-electron chi connectivity index (χ0n) is 10.1. The maximum absolute atomic E-state index is 12.1. The van der Waals surface area contributed by atoms with E-state index in [9.17, 15) is 9.59 Å². The van der Waals surface area contributed by atoms with E-state index >= 15 is 0 Å². The maximum Gasteiger partial charge on any atom is 0.259 e. The molecule has 0 bridgehead atoms. The van der Waals surface area contributed by atoms with Crippen LogP contribution in [0.4, 0.5) is 0 Å². The molecule has 2 N–H and O–H groups in total. The van der Waals surface area contributed by atoms with Gasteiger partial charge >= 0.3 is 0 Å². The summed E-state index contributed by atoms with van der Waals surface area (Å²) in [5, 5.41) is 5.18. The SMILES string of the molecule is COc1cccc(OC)c1C(=O)NC1CNC1=O. The quantitative estimate of drug-likeness (QED) is 0.733. The third kappa shape index (κ3) is 2.09. The first-order valence-electron chi connectivity index (χ1n) is 5.47. The van der Waals surface area contributed by atoms with Crippen LogP contribution in [0.3, 0.4) is 0 Å². The molecule has 6 heteroatoms. The first kappa shape index (κ1) is 12.2. The number of rotatable bonds is 4. The monoisotopic (exact) mass is 250 g/mol. The number of carbonyl (C=O) groups excluding carboxylic acids is 2. The van der Waals surface area contributed by atoms with Crippen molar-refractivity contribution in [2.24, 2.45) is 0 Å². The normalized spacial score (nSPS) is 17.4. The van der Waals surface area contributed by atoms with Crippen LogP contribution in [0.2, 0.25) is 0 Å². The zero-order valence-corrected chi connectivity index (χ0v) is 10.1. The molecular weight excluding hydrogens is 236 g/mol. The molecular formula is C12H14N2O4. The molecule has 1 aromatic rings. The fraction of sp³-hybridized carbons (Fsp3) is 0.333. The van der Waals surface area contributed by atoms with E-state index in [1.165, 1.54) is 14.2 Å². The molecule has 18 heavy (non-hydrogen) atoms. The number of hydrogen-bond donors (Lipinski definition) is 2. The summed E-state index contributed by atoms with van der Waals surface area (Å²) in [5.41, 5.74) is 0.294. The van der Waals surface area contributed by atoms with Gasteiger partial charge in [-0.3, -0.25) is 9.59 Å². The highest BCUT2D eigenvalue weighted by atomic mass is 16.5. The molecule has 0 spiro atoms. The van der Waals surface area contributed by atoms with Crippen LogP contribution in [-0.4, -0.2) is 38.6 Å². The largest absolute Gasteiger partial charge is 0.496 e. The third-order valence-corrected chi connectivity index (χ3v) is 2.76. The average Bonchev–Trinajstić information content (AvgIpc) is 2.41. The van der Waals surface area contributed by atoms with Gasteiger partial charge in [-0.05, 0) is 12.1 Å². The molecule has 1 unspecified atom stereocenters. The molecule has 0 saturated carbocycles. The van der Waals surface area contributed by atoms with Crippen LogP contribution in [0.15, 0.2) is 18.2 Å². The maximum atomic E-state index is 12.1. The molecule has 0 radical (unpaired) electrons. The van der Waals surface area contributed by atoms with Crippen molar-refractivity contribution in [3.63, 3.8) is 0 Å². The van der Waals surface area contributed by atoms with Gasteiger partial charge in [0, 0.05) is 6.54 Å². The number of amides is 2. The van der Waals surface area contributed by atoms with Crippen LogP contribution in [0.25, 0.3) is 0 Å². The number of carbonyl (C=O) groups is 2. The Morgan fingerprint density at radius 3 is 2.33 bits per heavy atom. The van der Waals surface area contributed by atoms with Crippen molar-refractivity contribution < 1.29 is 19.1 Å². The number of ether oxygens (including phenoxy) is 2. The Morgan fingerprint density at radius 2 is 1.94 bits per heavy atom. The summed E-state index contributed by atoms with van der Waals surface area (Å²) in [7, 11) is 2.95. The predicted molar refractivity (Wildman–Crippen MR) is 63.8 cm³/mol. The van der Waals surface area contributed by atoms with E-state index in [1.54, 1.807) is 18.2 Å². The number of benzene rings is 1. The minimum Gasteiger partial charge on any atom is -0.496 e. The highest BCUT2D eigenvalue weighted by Crippen LogP contribution is 2.28. The van der Waals surface area contributed by atoms with Crippen LogP contribution < -0.4 is 20.1 Å². The second-order valence-electron chi connectivity index (χ2n) is 3.81. The molecule has 1 saturated heterocycles. The van der Waals surface area contributed by atoms with E-state index in [2.05, 4.69) is 10.6 Å². The summed E-state index contributed by atoms with van der Waals surface area (Å²) < 4.78 is 10.3. The van der Waals surface area contributed by atoms with Gasteiger partial charge in [-0.2, -0.15) is 0 Å². The fourth-order valence-corrected chi connectivity index (χ4v) is 1.71. The molecule has 1 fully saturated rings. The van der Waals surface area contributed by atoms with E-state index in [0.29, 0.717) is 23.6 Å². The van der Waals surface area contributed by atoms with Gasteiger partial charge in [0.2, 0.25) is 5.91 Å². The Hall–Kier alpha value is -2.24. The van der Waals surface area contributed by atoms with Crippen molar-refractivity contribution in [1.82, 2.24) is 10.6 Å². The topological polar surface area (TPSA) is 76.7 Å². The van der Waals surface area contributed by atoms with Gasteiger partial charge in [0.25, 0.3) is 5.91 Å². The van der Waals surface area contributed by atoms with Gasteiger partial charge in [-0.25, -0.2) is 0 Å². The van der Waals surface area contributed by atoms with Crippen LogP contribution in [0, 0.1) is 0 Å². The van der Waals surface area contributed by atoms with E-state index in [-0.39, 0.29) is 11.8 Å². The Balaban J connectivity index is 2.25. The second kappa shape index (κ2) is 4.95. The van der Waals surface area contributed by atoms with E-state index in [1.807, 2.05) is 0 Å². The zero-order chi connectivity index (χ0) is 13.1. The van der Waals surface area contributed by atoms with Gasteiger partial charge in [-0.15, -0.1) is 0 Å². The summed E-state index contributed by atoms with van der Waals surface area (Å²) in [6.45, 7) is 0.446.